The second-order valence-electron chi connectivity index (χ2n) is 5.26. The van der Waals surface area contributed by atoms with Gasteiger partial charge in [-0.2, -0.15) is 0 Å². The summed E-state index contributed by atoms with van der Waals surface area (Å²) in [4.78, 5) is 3.79. The summed E-state index contributed by atoms with van der Waals surface area (Å²) in [6.07, 6.45) is 1.35. The van der Waals surface area contributed by atoms with Crippen LogP contribution in [0.15, 0.2) is 40.2 Å². The highest BCUT2D eigenvalue weighted by atomic mass is 32.2. The predicted molar refractivity (Wildman–Crippen MR) is 78.1 cm³/mol. The molecule has 0 atom stereocenters. The Bertz CT molecular complexity index is 656. The fraction of sp³-hybridized carbons (Fsp3) is 0.308. The van der Waals surface area contributed by atoms with E-state index in [9.17, 15) is 8.42 Å². The molecular weight excluding hydrogens is 280 g/mol. The molecule has 0 unspecified atom stereocenters. The molecule has 1 N–H and O–H groups in total. The Balaban J connectivity index is 2.30. The number of hydrogen-bond acceptors (Lipinski definition) is 4. The van der Waals surface area contributed by atoms with E-state index in [2.05, 4.69) is 30.5 Å². The Morgan fingerprint density at radius 3 is 2.58 bits per heavy atom. The van der Waals surface area contributed by atoms with Gasteiger partial charge < -0.3 is 0 Å². The molecule has 2 aromatic rings. The van der Waals surface area contributed by atoms with Crippen molar-refractivity contribution in [3.63, 3.8) is 0 Å². The van der Waals surface area contributed by atoms with Gasteiger partial charge in [-0.05, 0) is 23.1 Å². The van der Waals surface area contributed by atoms with Crippen molar-refractivity contribution in [3.05, 3.63) is 41.5 Å². The number of aromatic nitrogens is 1. The smallest absolute Gasteiger partial charge is 0.273 e. The maximum absolute atomic E-state index is 12.1. The number of hydrogen-bond donors (Lipinski definition) is 1. The highest BCUT2D eigenvalue weighted by Crippen LogP contribution is 2.26. The third-order valence-electron chi connectivity index (χ3n) is 2.66. The SMILES string of the molecule is CC(C)(C)c1cccc(NS(=O)(=O)c2cncs2)c1. The minimum atomic E-state index is -3.53. The molecule has 102 valence electrons. The van der Waals surface area contributed by atoms with Crippen molar-refractivity contribution in [3.8, 4) is 0 Å². The van der Waals surface area contributed by atoms with Crippen molar-refractivity contribution < 1.29 is 8.42 Å². The minimum absolute atomic E-state index is 0.0219. The summed E-state index contributed by atoms with van der Waals surface area (Å²) in [6.45, 7) is 6.26. The number of benzene rings is 1. The van der Waals surface area contributed by atoms with Crippen LogP contribution < -0.4 is 4.72 Å². The first-order valence-electron chi connectivity index (χ1n) is 5.81. The van der Waals surface area contributed by atoms with Gasteiger partial charge in [0, 0.05) is 5.69 Å². The van der Waals surface area contributed by atoms with Crippen molar-refractivity contribution in [1.29, 1.82) is 0 Å². The molecule has 1 aromatic heterocycles. The van der Waals surface area contributed by atoms with E-state index < -0.39 is 10.0 Å². The van der Waals surface area contributed by atoms with Gasteiger partial charge in [0.15, 0.2) is 4.21 Å². The Labute approximate surface area is 117 Å². The van der Waals surface area contributed by atoms with Gasteiger partial charge >= 0.3 is 0 Å². The Morgan fingerprint density at radius 2 is 2.00 bits per heavy atom. The topological polar surface area (TPSA) is 59.1 Å². The van der Waals surface area contributed by atoms with Gasteiger partial charge in [0.25, 0.3) is 10.0 Å². The van der Waals surface area contributed by atoms with Crippen LogP contribution in [0.2, 0.25) is 0 Å². The second kappa shape index (κ2) is 4.94. The van der Waals surface area contributed by atoms with Crippen molar-refractivity contribution in [2.45, 2.75) is 30.4 Å². The van der Waals surface area contributed by atoms with Crippen LogP contribution in [0.4, 0.5) is 5.69 Å². The third-order valence-corrected chi connectivity index (χ3v) is 5.31. The molecule has 1 heterocycles. The van der Waals surface area contributed by atoms with Gasteiger partial charge in [-0.25, -0.2) is 8.42 Å². The first kappa shape index (κ1) is 14.0. The van der Waals surface area contributed by atoms with Crippen LogP contribution in [0, 0.1) is 0 Å². The maximum Gasteiger partial charge on any atom is 0.273 e. The molecule has 0 spiro atoms. The standard InChI is InChI=1S/C13H16N2O2S2/c1-13(2,3)10-5-4-6-11(7-10)15-19(16,17)12-8-14-9-18-12/h4-9,15H,1-3H3. The average molecular weight is 296 g/mol. The molecule has 1 aromatic carbocycles. The Kier molecular flexibility index (Phi) is 3.64. The van der Waals surface area contributed by atoms with Gasteiger partial charge in [0.2, 0.25) is 0 Å². The minimum Gasteiger partial charge on any atom is -0.279 e. The molecule has 19 heavy (non-hydrogen) atoms. The average Bonchev–Trinajstić information content (AvgIpc) is 2.81. The van der Waals surface area contributed by atoms with Gasteiger partial charge in [0.1, 0.15) is 0 Å². The lowest BCUT2D eigenvalue weighted by Gasteiger charge is -2.19. The molecule has 0 radical (unpaired) electrons. The van der Waals surface area contributed by atoms with E-state index in [0.717, 1.165) is 16.9 Å². The van der Waals surface area contributed by atoms with Gasteiger partial charge in [0.05, 0.1) is 11.7 Å². The van der Waals surface area contributed by atoms with Crippen molar-refractivity contribution in [2.24, 2.45) is 0 Å². The molecule has 0 bridgehead atoms. The van der Waals surface area contributed by atoms with E-state index in [-0.39, 0.29) is 9.62 Å². The monoisotopic (exact) mass is 296 g/mol. The summed E-state index contributed by atoms with van der Waals surface area (Å²) < 4.78 is 27.0. The largest absolute Gasteiger partial charge is 0.279 e. The predicted octanol–water partition coefficient (Wildman–Crippen LogP) is 3.24. The molecule has 2 rings (SSSR count). The molecule has 0 aliphatic heterocycles. The molecule has 6 heteroatoms. The molecule has 0 aliphatic rings. The fourth-order valence-corrected chi connectivity index (χ4v) is 3.44. The van der Waals surface area contributed by atoms with Crippen LogP contribution >= 0.6 is 11.3 Å². The van der Waals surface area contributed by atoms with E-state index in [4.69, 9.17) is 0 Å². The third kappa shape index (κ3) is 3.33. The molecule has 4 nitrogen and oxygen atoms in total. The number of anilines is 1. The number of nitrogens with one attached hydrogen (secondary N) is 1. The Morgan fingerprint density at radius 1 is 1.26 bits per heavy atom. The van der Waals surface area contributed by atoms with Crippen LogP contribution in [0.3, 0.4) is 0 Å². The molecule has 0 aliphatic carbocycles. The second-order valence-corrected chi connectivity index (χ2v) is 8.05. The van der Waals surface area contributed by atoms with Crippen LogP contribution in [0.1, 0.15) is 26.3 Å². The van der Waals surface area contributed by atoms with Gasteiger partial charge in [-0.3, -0.25) is 9.71 Å². The fourth-order valence-electron chi connectivity index (χ4n) is 1.59. The van der Waals surface area contributed by atoms with E-state index >= 15 is 0 Å². The van der Waals surface area contributed by atoms with E-state index in [1.807, 2.05) is 18.2 Å². The number of thiazole rings is 1. The quantitative estimate of drug-likeness (QED) is 0.946. The van der Waals surface area contributed by atoms with E-state index in [0.29, 0.717) is 5.69 Å². The maximum atomic E-state index is 12.1. The van der Waals surface area contributed by atoms with Gasteiger partial charge in [-0.15, -0.1) is 11.3 Å². The van der Waals surface area contributed by atoms with Crippen LogP contribution in [0.5, 0.6) is 0 Å². The van der Waals surface area contributed by atoms with Crippen LogP contribution in [-0.4, -0.2) is 13.4 Å². The lowest BCUT2D eigenvalue weighted by atomic mass is 9.87. The molecule has 0 amide bonds. The molecule has 0 fully saturated rings. The molecule has 0 saturated heterocycles. The normalized spacial score (nSPS) is 12.4. The first-order valence-corrected chi connectivity index (χ1v) is 8.17. The number of rotatable bonds is 3. The highest BCUT2D eigenvalue weighted by Gasteiger charge is 2.18. The van der Waals surface area contributed by atoms with E-state index in [1.165, 1.54) is 11.7 Å². The summed E-state index contributed by atoms with van der Waals surface area (Å²) in [7, 11) is -3.53. The summed E-state index contributed by atoms with van der Waals surface area (Å²) in [5.41, 5.74) is 3.13. The molecular formula is C13H16N2O2S2. The van der Waals surface area contributed by atoms with Gasteiger partial charge in [-0.1, -0.05) is 32.9 Å². The van der Waals surface area contributed by atoms with Crippen molar-refractivity contribution in [1.82, 2.24) is 4.98 Å². The summed E-state index contributed by atoms with van der Waals surface area (Å²) in [5.74, 6) is 0. The number of nitrogens with zero attached hydrogens (tertiary/aromatic N) is 1. The van der Waals surface area contributed by atoms with E-state index in [1.54, 1.807) is 6.07 Å². The number of sulfonamides is 1. The zero-order chi connectivity index (χ0) is 14.1. The lowest BCUT2D eigenvalue weighted by Crippen LogP contribution is -2.14. The lowest BCUT2D eigenvalue weighted by molar-refractivity contribution is 0.590. The summed E-state index contributed by atoms with van der Waals surface area (Å²) in [5, 5.41) is 0. The summed E-state index contributed by atoms with van der Waals surface area (Å²) >= 11 is 1.10. The Hall–Kier alpha value is -1.40. The zero-order valence-electron chi connectivity index (χ0n) is 11.0. The highest BCUT2D eigenvalue weighted by molar-refractivity contribution is 7.94. The summed E-state index contributed by atoms with van der Waals surface area (Å²) in [6, 6.07) is 7.45. The van der Waals surface area contributed by atoms with Crippen molar-refractivity contribution >= 4 is 27.0 Å². The zero-order valence-corrected chi connectivity index (χ0v) is 12.7. The molecule has 0 saturated carbocycles. The van der Waals surface area contributed by atoms with Crippen LogP contribution in [0.25, 0.3) is 0 Å². The van der Waals surface area contributed by atoms with Crippen LogP contribution in [-0.2, 0) is 15.4 Å². The van der Waals surface area contributed by atoms with Crippen molar-refractivity contribution in [2.75, 3.05) is 4.72 Å². The first-order chi connectivity index (χ1) is 8.79.